The van der Waals surface area contributed by atoms with Crippen LogP contribution < -0.4 is 5.32 Å². The SMILES string of the molecule is COC(=O)c1c(-c2ccc(Cl)cc2)csc1NC(=O)[C@@H]1CCCO1. The van der Waals surface area contributed by atoms with Crippen molar-refractivity contribution in [3.63, 3.8) is 0 Å². The van der Waals surface area contributed by atoms with Crippen molar-refractivity contribution in [1.82, 2.24) is 0 Å². The zero-order chi connectivity index (χ0) is 17.1. The zero-order valence-electron chi connectivity index (χ0n) is 13.0. The van der Waals surface area contributed by atoms with Gasteiger partial charge in [0.25, 0.3) is 5.91 Å². The van der Waals surface area contributed by atoms with Crippen LogP contribution in [0.4, 0.5) is 5.00 Å². The van der Waals surface area contributed by atoms with Crippen molar-refractivity contribution < 1.29 is 19.1 Å². The van der Waals surface area contributed by atoms with Gasteiger partial charge in [0, 0.05) is 22.6 Å². The predicted octanol–water partition coefficient (Wildman–Crippen LogP) is 3.97. The number of thiophene rings is 1. The van der Waals surface area contributed by atoms with E-state index in [1.54, 1.807) is 12.1 Å². The number of hydrogen-bond donors (Lipinski definition) is 1. The lowest BCUT2D eigenvalue weighted by Gasteiger charge is -2.11. The number of nitrogens with one attached hydrogen (secondary N) is 1. The molecule has 0 saturated carbocycles. The smallest absolute Gasteiger partial charge is 0.341 e. The van der Waals surface area contributed by atoms with E-state index in [-0.39, 0.29) is 5.91 Å². The molecule has 0 aliphatic carbocycles. The fraction of sp³-hybridized carbons (Fsp3) is 0.294. The summed E-state index contributed by atoms with van der Waals surface area (Å²) in [7, 11) is 1.32. The molecule has 2 aromatic rings. The third-order valence-corrected chi connectivity index (χ3v) is 4.94. The summed E-state index contributed by atoms with van der Waals surface area (Å²) in [6.07, 6.45) is 1.09. The van der Waals surface area contributed by atoms with Crippen molar-refractivity contribution >= 4 is 39.8 Å². The molecule has 24 heavy (non-hydrogen) atoms. The third-order valence-electron chi connectivity index (χ3n) is 3.79. The standard InChI is InChI=1S/C17H16ClNO4S/c1-22-17(21)14-12(10-4-6-11(18)7-5-10)9-24-16(14)19-15(20)13-3-2-8-23-13/h4-7,9,13H,2-3,8H2,1H3,(H,19,20)/t13-/m0/s1. The number of methoxy groups -OCH3 is 1. The van der Waals surface area contributed by atoms with Crippen LogP contribution in [-0.4, -0.2) is 31.7 Å². The molecular formula is C17H16ClNO4S. The van der Waals surface area contributed by atoms with Crippen molar-refractivity contribution in [2.24, 2.45) is 0 Å². The largest absolute Gasteiger partial charge is 0.465 e. The van der Waals surface area contributed by atoms with Crippen molar-refractivity contribution in [3.05, 3.63) is 40.2 Å². The molecule has 1 fully saturated rings. The summed E-state index contributed by atoms with van der Waals surface area (Å²) >= 11 is 7.20. The molecular weight excluding hydrogens is 350 g/mol. The summed E-state index contributed by atoms with van der Waals surface area (Å²) in [4.78, 5) is 24.5. The molecule has 1 N–H and O–H groups in total. The van der Waals surface area contributed by atoms with E-state index in [4.69, 9.17) is 21.1 Å². The highest BCUT2D eigenvalue weighted by atomic mass is 35.5. The third kappa shape index (κ3) is 3.45. The first-order valence-electron chi connectivity index (χ1n) is 7.48. The molecule has 5 nitrogen and oxygen atoms in total. The fourth-order valence-corrected chi connectivity index (χ4v) is 3.66. The maximum Gasteiger partial charge on any atom is 0.341 e. The van der Waals surface area contributed by atoms with Gasteiger partial charge in [-0.05, 0) is 30.5 Å². The Morgan fingerprint density at radius 2 is 2.08 bits per heavy atom. The Morgan fingerprint density at radius 3 is 2.71 bits per heavy atom. The molecule has 3 rings (SSSR count). The lowest BCUT2D eigenvalue weighted by Crippen LogP contribution is -2.27. The van der Waals surface area contributed by atoms with Crippen LogP contribution >= 0.6 is 22.9 Å². The number of hydrogen-bond acceptors (Lipinski definition) is 5. The Balaban J connectivity index is 1.93. The summed E-state index contributed by atoms with van der Waals surface area (Å²) in [6.45, 7) is 0.586. The average Bonchev–Trinajstić information content (AvgIpc) is 3.24. The molecule has 1 amide bonds. The molecule has 1 atom stereocenters. The first-order chi connectivity index (χ1) is 11.6. The summed E-state index contributed by atoms with van der Waals surface area (Å²) < 4.78 is 10.3. The van der Waals surface area contributed by atoms with E-state index in [0.29, 0.717) is 34.2 Å². The Hall–Kier alpha value is -1.89. The Bertz CT molecular complexity index is 750. The van der Waals surface area contributed by atoms with Crippen LogP contribution in [0, 0.1) is 0 Å². The quantitative estimate of drug-likeness (QED) is 0.832. The number of amides is 1. The molecule has 0 unspecified atom stereocenters. The Labute approximate surface area is 148 Å². The summed E-state index contributed by atoms with van der Waals surface area (Å²) in [6, 6.07) is 7.14. The summed E-state index contributed by atoms with van der Waals surface area (Å²) in [5.74, 6) is -0.731. The van der Waals surface area contributed by atoms with E-state index >= 15 is 0 Å². The van der Waals surface area contributed by atoms with Gasteiger partial charge in [-0.3, -0.25) is 4.79 Å². The molecule has 0 bridgehead atoms. The number of carbonyl (C=O) groups is 2. The number of anilines is 1. The highest BCUT2D eigenvalue weighted by molar-refractivity contribution is 7.15. The van der Waals surface area contributed by atoms with Crippen LogP contribution in [0.3, 0.4) is 0 Å². The average molecular weight is 366 g/mol. The van der Waals surface area contributed by atoms with Gasteiger partial charge >= 0.3 is 5.97 Å². The van der Waals surface area contributed by atoms with Crippen LogP contribution in [-0.2, 0) is 14.3 Å². The minimum absolute atomic E-state index is 0.234. The molecule has 1 aromatic carbocycles. The number of ether oxygens (including phenoxy) is 2. The molecule has 1 aliphatic heterocycles. The maximum atomic E-state index is 12.3. The van der Waals surface area contributed by atoms with Crippen LogP contribution in [0.25, 0.3) is 11.1 Å². The topological polar surface area (TPSA) is 64.6 Å². The van der Waals surface area contributed by atoms with Gasteiger partial charge in [0.05, 0.1) is 7.11 Å². The van der Waals surface area contributed by atoms with E-state index in [1.165, 1.54) is 18.4 Å². The van der Waals surface area contributed by atoms with Crippen LogP contribution in [0.5, 0.6) is 0 Å². The van der Waals surface area contributed by atoms with Gasteiger partial charge < -0.3 is 14.8 Å². The highest BCUT2D eigenvalue weighted by Gasteiger charge is 2.27. The van der Waals surface area contributed by atoms with Gasteiger partial charge in [-0.15, -0.1) is 11.3 Å². The van der Waals surface area contributed by atoms with Crippen molar-refractivity contribution in [1.29, 1.82) is 0 Å². The molecule has 2 heterocycles. The minimum Gasteiger partial charge on any atom is -0.465 e. The van der Waals surface area contributed by atoms with Crippen molar-refractivity contribution in [3.8, 4) is 11.1 Å². The molecule has 1 aliphatic rings. The first kappa shape index (κ1) is 17.0. The van der Waals surface area contributed by atoms with E-state index in [9.17, 15) is 9.59 Å². The van der Waals surface area contributed by atoms with Crippen molar-refractivity contribution in [2.45, 2.75) is 18.9 Å². The van der Waals surface area contributed by atoms with Gasteiger partial charge in [-0.25, -0.2) is 4.79 Å². The molecule has 126 valence electrons. The van der Waals surface area contributed by atoms with E-state index in [0.717, 1.165) is 12.0 Å². The number of halogens is 1. The molecule has 1 saturated heterocycles. The van der Waals surface area contributed by atoms with E-state index in [2.05, 4.69) is 5.32 Å². The Morgan fingerprint density at radius 1 is 1.33 bits per heavy atom. The number of carbonyl (C=O) groups excluding carboxylic acids is 2. The second kappa shape index (κ2) is 7.34. The van der Waals surface area contributed by atoms with Crippen molar-refractivity contribution in [2.75, 3.05) is 19.0 Å². The number of esters is 1. The van der Waals surface area contributed by atoms with Gasteiger partial charge in [0.1, 0.15) is 16.7 Å². The summed E-state index contributed by atoms with van der Waals surface area (Å²) in [5, 5.41) is 5.69. The van der Waals surface area contributed by atoms with Gasteiger partial charge in [0.2, 0.25) is 0 Å². The molecule has 0 radical (unpaired) electrons. The second-order valence-corrected chi connectivity index (χ2v) is 6.66. The van der Waals surface area contributed by atoms with Gasteiger partial charge in [-0.1, -0.05) is 23.7 Å². The van der Waals surface area contributed by atoms with E-state index < -0.39 is 12.1 Å². The number of benzene rings is 1. The van der Waals surface area contributed by atoms with Crippen LogP contribution in [0.1, 0.15) is 23.2 Å². The monoisotopic (exact) mass is 365 g/mol. The van der Waals surface area contributed by atoms with Gasteiger partial charge in [0.15, 0.2) is 0 Å². The molecule has 0 spiro atoms. The fourth-order valence-electron chi connectivity index (χ4n) is 2.57. The van der Waals surface area contributed by atoms with E-state index in [1.807, 2.05) is 17.5 Å². The predicted molar refractivity (Wildman–Crippen MR) is 93.7 cm³/mol. The first-order valence-corrected chi connectivity index (χ1v) is 8.74. The molecule has 7 heteroatoms. The lowest BCUT2D eigenvalue weighted by molar-refractivity contribution is -0.124. The van der Waals surface area contributed by atoms with Crippen LogP contribution in [0.15, 0.2) is 29.6 Å². The lowest BCUT2D eigenvalue weighted by atomic mass is 10.0. The minimum atomic E-state index is -0.496. The van der Waals surface area contributed by atoms with Gasteiger partial charge in [-0.2, -0.15) is 0 Å². The zero-order valence-corrected chi connectivity index (χ0v) is 14.6. The second-order valence-electron chi connectivity index (χ2n) is 5.34. The Kier molecular flexibility index (Phi) is 5.18. The number of rotatable bonds is 4. The highest BCUT2D eigenvalue weighted by Crippen LogP contribution is 2.36. The maximum absolute atomic E-state index is 12.3. The molecule has 1 aromatic heterocycles. The van der Waals surface area contributed by atoms with Crippen LogP contribution in [0.2, 0.25) is 5.02 Å². The normalized spacial score (nSPS) is 16.8. The summed E-state index contributed by atoms with van der Waals surface area (Å²) in [5.41, 5.74) is 1.87.